The molecule has 0 aliphatic carbocycles. The van der Waals surface area contributed by atoms with Gasteiger partial charge in [-0.1, -0.05) is 0 Å². The second-order valence-electron chi connectivity index (χ2n) is 3.03. The zero-order chi connectivity index (χ0) is 10.1. The zero-order valence-corrected chi connectivity index (χ0v) is 7.58. The highest BCUT2D eigenvalue weighted by molar-refractivity contribution is 5.89. The zero-order valence-electron chi connectivity index (χ0n) is 7.58. The largest absolute Gasteiger partial charge is 0.261 e. The fourth-order valence-electron chi connectivity index (χ4n) is 1.52. The topological polar surface area (TPSA) is 36.7 Å². The molecule has 0 amide bonds. The number of hydrogen-bond donors (Lipinski definition) is 0. The van der Waals surface area contributed by atoms with Gasteiger partial charge >= 0.3 is 0 Å². The minimum atomic E-state index is -0.329. The third-order valence-electron chi connectivity index (χ3n) is 2.19. The lowest BCUT2D eigenvalue weighted by molar-refractivity contribution is 0.638. The van der Waals surface area contributed by atoms with Gasteiger partial charge in [0.1, 0.15) is 5.82 Å². The monoisotopic (exact) mass is 186 g/mol. The predicted octanol–water partition coefficient (Wildman–Crippen LogP) is 2.55. The van der Waals surface area contributed by atoms with Gasteiger partial charge in [0.25, 0.3) is 0 Å². The van der Waals surface area contributed by atoms with Gasteiger partial charge in [-0.3, -0.25) is 4.98 Å². The molecule has 0 atom stereocenters. The highest BCUT2D eigenvalue weighted by Crippen LogP contribution is 2.22. The highest BCUT2D eigenvalue weighted by atomic mass is 19.1. The highest BCUT2D eigenvalue weighted by Gasteiger charge is 2.07. The first kappa shape index (κ1) is 8.64. The van der Waals surface area contributed by atoms with Crippen LogP contribution in [0.25, 0.3) is 10.8 Å². The molecule has 14 heavy (non-hydrogen) atoms. The molecule has 0 bridgehead atoms. The normalized spacial score (nSPS) is 10.1. The third kappa shape index (κ3) is 1.12. The molecule has 0 fully saturated rings. The maximum atomic E-state index is 13.4. The van der Waals surface area contributed by atoms with Crippen LogP contribution < -0.4 is 0 Å². The van der Waals surface area contributed by atoms with Gasteiger partial charge in [-0.05, 0) is 25.1 Å². The molecule has 0 aliphatic heterocycles. The van der Waals surface area contributed by atoms with Crippen LogP contribution >= 0.6 is 0 Å². The second kappa shape index (κ2) is 3.08. The first-order chi connectivity index (χ1) is 6.74. The minimum absolute atomic E-state index is 0.329. The van der Waals surface area contributed by atoms with Crippen LogP contribution in [0.3, 0.4) is 0 Å². The first-order valence-corrected chi connectivity index (χ1v) is 4.18. The second-order valence-corrected chi connectivity index (χ2v) is 3.03. The van der Waals surface area contributed by atoms with Crippen molar-refractivity contribution in [2.75, 3.05) is 0 Å². The number of nitriles is 1. The van der Waals surface area contributed by atoms with Crippen molar-refractivity contribution in [3.8, 4) is 6.07 Å². The molecule has 2 nitrogen and oxygen atoms in total. The molecule has 2 rings (SSSR count). The maximum Gasteiger partial charge on any atom is 0.132 e. The number of fused-ring (bicyclic) bond motifs is 1. The Hall–Kier alpha value is -1.95. The summed E-state index contributed by atoms with van der Waals surface area (Å²) in [6.07, 6.45) is 1.58. The lowest BCUT2D eigenvalue weighted by Gasteiger charge is -2.03. The summed E-state index contributed by atoms with van der Waals surface area (Å²) >= 11 is 0. The number of pyridine rings is 1. The number of aromatic nitrogens is 1. The van der Waals surface area contributed by atoms with Gasteiger partial charge in [0.2, 0.25) is 0 Å². The molecule has 0 saturated carbocycles. The lowest BCUT2D eigenvalue weighted by Crippen LogP contribution is -1.90. The molecule has 3 heteroatoms. The summed E-state index contributed by atoms with van der Waals surface area (Å²) in [5.41, 5.74) is 1.09. The molecule has 0 aliphatic rings. The fraction of sp³-hybridized carbons (Fsp3) is 0.0909. The van der Waals surface area contributed by atoms with Gasteiger partial charge in [-0.25, -0.2) is 4.39 Å². The number of aryl methyl sites for hydroxylation is 1. The van der Waals surface area contributed by atoms with Crippen LogP contribution in [0, 0.1) is 24.1 Å². The smallest absolute Gasteiger partial charge is 0.132 e. The number of nitrogens with zero attached hydrogens (tertiary/aromatic N) is 2. The Morgan fingerprint density at radius 3 is 2.86 bits per heavy atom. The summed E-state index contributed by atoms with van der Waals surface area (Å²) in [6, 6.07) is 6.47. The summed E-state index contributed by atoms with van der Waals surface area (Å²) in [5, 5.41) is 9.89. The van der Waals surface area contributed by atoms with Crippen molar-refractivity contribution in [1.82, 2.24) is 4.98 Å². The van der Waals surface area contributed by atoms with E-state index in [-0.39, 0.29) is 5.82 Å². The number of hydrogen-bond acceptors (Lipinski definition) is 2. The van der Waals surface area contributed by atoms with E-state index in [0.717, 1.165) is 0 Å². The quantitative estimate of drug-likeness (QED) is 0.634. The van der Waals surface area contributed by atoms with E-state index in [0.29, 0.717) is 22.0 Å². The Labute approximate surface area is 80.6 Å². The summed E-state index contributed by atoms with van der Waals surface area (Å²) in [4.78, 5) is 3.99. The molecule has 0 saturated heterocycles. The summed E-state index contributed by atoms with van der Waals surface area (Å²) < 4.78 is 13.4. The van der Waals surface area contributed by atoms with Gasteiger partial charge in [0, 0.05) is 22.7 Å². The Morgan fingerprint density at radius 2 is 2.14 bits per heavy atom. The van der Waals surface area contributed by atoms with E-state index in [2.05, 4.69) is 4.98 Å². The van der Waals surface area contributed by atoms with Crippen molar-refractivity contribution < 1.29 is 4.39 Å². The number of benzene rings is 1. The summed E-state index contributed by atoms with van der Waals surface area (Å²) in [6.45, 7) is 1.73. The van der Waals surface area contributed by atoms with Crippen LogP contribution in [0.5, 0.6) is 0 Å². The van der Waals surface area contributed by atoms with Crippen LogP contribution in [-0.2, 0) is 0 Å². The SMILES string of the molecule is Cc1nccc2c(C#N)ccc(F)c12. The first-order valence-electron chi connectivity index (χ1n) is 4.18. The summed E-state index contributed by atoms with van der Waals surface area (Å²) in [5.74, 6) is -0.329. The number of halogens is 1. The van der Waals surface area contributed by atoms with Gasteiger partial charge in [0.15, 0.2) is 0 Å². The molecule has 0 radical (unpaired) electrons. The average Bonchev–Trinajstić information content (AvgIpc) is 2.18. The van der Waals surface area contributed by atoms with Crippen molar-refractivity contribution in [2.24, 2.45) is 0 Å². The number of rotatable bonds is 0. The van der Waals surface area contributed by atoms with E-state index in [1.807, 2.05) is 6.07 Å². The van der Waals surface area contributed by atoms with Gasteiger partial charge in [0.05, 0.1) is 11.6 Å². The van der Waals surface area contributed by atoms with Gasteiger partial charge in [-0.2, -0.15) is 5.26 Å². The van der Waals surface area contributed by atoms with E-state index in [9.17, 15) is 4.39 Å². The Balaban J connectivity index is 3.00. The van der Waals surface area contributed by atoms with Crippen molar-refractivity contribution in [3.63, 3.8) is 0 Å². The molecule has 1 aromatic heterocycles. The molecule has 68 valence electrons. The predicted molar refractivity (Wildman–Crippen MR) is 51.2 cm³/mol. The van der Waals surface area contributed by atoms with Crippen LogP contribution in [0.2, 0.25) is 0 Å². The van der Waals surface area contributed by atoms with Crippen LogP contribution in [-0.4, -0.2) is 4.98 Å². The molecular weight excluding hydrogens is 179 g/mol. The molecule has 1 aromatic carbocycles. The molecule has 2 aromatic rings. The van der Waals surface area contributed by atoms with Crippen LogP contribution in [0.4, 0.5) is 4.39 Å². The van der Waals surface area contributed by atoms with Gasteiger partial charge in [-0.15, -0.1) is 0 Å². The minimum Gasteiger partial charge on any atom is -0.261 e. The molecule has 0 N–H and O–H groups in total. The summed E-state index contributed by atoms with van der Waals surface area (Å²) in [7, 11) is 0. The Bertz CT molecular complexity index is 532. The lowest BCUT2D eigenvalue weighted by atomic mass is 10.0. The fourth-order valence-corrected chi connectivity index (χ4v) is 1.52. The van der Waals surface area contributed by atoms with Gasteiger partial charge < -0.3 is 0 Å². The molecular formula is C11H7FN2. The van der Waals surface area contributed by atoms with Crippen molar-refractivity contribution in [1.29, 1.82) is 5.26 Å². The maximum absolute atomic E-state index is 13.4. The van der Waals surface area contributed by atoms with E-state index in [4.69, 9.17) is 5.26 Å². The van der Waals surface area contributed by atoms with Crippen LogP contribution in [0.15, 0.2) is 24.4 Å². The third-order valence-corrected chi connectivity index (χ3v) is 2.19. The molecule has 1 heterocycles. The van der Waals surface area contributed by atoms with Crippen LogP contribution in [0.1, 0.15) is 11.3 Å². The molecule has 0 spiro atoms. The van der Waals surface area contributed by atoms with E-state index in [1.54, 1.807) is 19.2 Å². The Morgan fingerprint density at radius 1 is 1.36 bits per heavy atom. The van der Waals surface area contributed by atoms with E-state index >= 15 is 0 Å². The standard InChI is InChI=1S/C11H7FN2/c1-7-11-9(4-5-14-7)8(6-13)2-3-10(11)12/h2-5H,1H3. The van der Waals surface area contributed by atoms with Crippen molar-refractivity contribution in [2.45, 2.75) is 6.92 Å². The average molecular weight is 186 g/mol. The van der Waals surface area contributed by atoms with E-state index in [1.165, 1.54) is 12.1 Å². The Kier molecular flexibility index (Phi) is 1.90. The molecule has 0 unspecified atom stereocenters. The van der Waals surface area contributed by atoms with Crippen molar-refractivity contribution >= 4 is 10.8 Å². The van der Waals surface area contributed by atoms with Crippen molar-refractivity contribution in [3.05, 3.63) is 41.5 Å². The van der Waals surface area contributed by atoms with E-state index < -0.39 is 0 Å².